The second kappa shape index (κ2) is 6.82. The number of para-hydroxylation sites is 1. The standard InChI is InChI=1S/C17H15Cl3N2O2S/c1-11-15(13-9-5-6-10-14(13)21-11)16(17(18,19)20)22-25(23,24)12-7-3-2-4-8-12/h2-10,16,21-22H,1H3/t16-/m1/s1. The van der Waals surface area contributed by atoms with E-state index in [1.165, 1.54) is 12.1 Å². The van der Waals surface area contributed by atoms with Gasteiger partial charge in [0.25, 0.3) is 0 Å². The number of aryl methyl sites for hydroxylation is 1. The Kier molecular flexibility index (Phi) is 5.06. The number of hydrogen-bond acceptors (Lipinski definition) is 2. The average Bonchev–Trinajstić information content (AvgIpc) is 2.88. The molecule has 25 heavy (non-hydrogen) atoms. The first-order valence-corrected chi connectivity index (χ1v) is 10.0. The lowest BCUT2D eigenvalue weighted by atomic mass is 10.0. The maximum absolute atomic E-state index is 12.7. The van der Waals surface area contributed by atoms with E-state index in [4.69, 9.17) is 34.8 Å². The van der Waals surface area contributed by atoms with Gasteiger partial charge in [-0.05, 0) is 25.1 Å². The van der Waals surface area contributed by atoms with Crippen LogP contribution in [0.3, 0.4) is 0 Å². The van der Waals surface area contributed by atoms with Gasteiger partial charge in [0.15, 0.2) is 0 Å². The Morgan fingerprint density at radius 2 is 1.60 bits per heavy atom. The number of benzene rings is 2. The maximum atomic E-state index is 12.7. The number of rotatable bonds is 4. The van der Waals surface area contributed by atoms with Gasteiger partial charge in [0.1, 0.15) is 0 Å². The third-order valence-corrected chi connectivity index (χ3v) is 5.98. The molecular formula is C17H15Cl3N2O2S. The van der Waals surface area contributed by atoms with Gasteiger partial charge >= 0.3 is 0 Å². The summed E-state index contributed by atoms with van der Waals surface area (Å²) in [5.41, 5.74) is 2.18. The minimum Gasteiger partial charge on any atom is -0.358 e. The van der Waals surface area contributed by atoms with E-state index in [-0.39, 0.29) is 4.90 Å². The number of hydrogen-bond donors (Lipinski definition) is 2. The molecule has 0 radical (unpaired) electrons. The molecule has 0 bridgehead atoms. The van der Waals surface area contributed by atoms with Crippen LogP contribution in [0.2, 0.25) is 0 Å². The molecule has 132 valence electrons. The predicted octanol–water partition coefficient (Wildman–Crippen LogP) is 4.87. The quantitative estimate of drug-likeness (QED) is 0.595. The summed E-state index contributed by atoms with van der Waals surface area (Å²) in [6.45, 7) is 1.82. The smallest absolute Gasteiger partial charge is 0.241 e. The van der Waals surface area contributed by atoms with E-state index in [9.17, 15) is 8.42 Å². The summed E-state index contributed by atoms with van der Waals surface area (Å²) in [5.74, 6) is 0. The summed E-state index contributed by atoms with van der Waals surface area (Å²) in [6, 6.07) is 14.4. The van der Waals surface area contributed by atoms with E-state index in [2.05, 4.69) is 9.71 Å². The molecule has 0 unspecified atom stereocenters. The van der Waals surface area contributed by atoms with Crippen molar-refractivity contribution in [3.8, 4) is 0 Å². The minimum atomic E-state index is -3.87. The molecule has 8 heteroatoms. The number of nitrogens with one attached hydrogen (secondary N) is 2. The SMILES string of the molecule is Cc1[nH]c2ccccc2c1[C@@H](NS(=O)(=O)c1ccccc1)C(Cl)(Cl)Cl. The third-order valence-electron chi connectivity index (χ3n) is 3.89. The number of alkyl halides is 3. The van der Waals surface area contributed by atoms with Crippen molar-refractivity contribution in [3.63, 3.8) is 0 Å². The predicted molar refractivity (Wildman–Crippen MR) is 103 cm³/mol. The van der Waals surface area contributed by atoms with Gasteiger partial charge in [0.05, 0.1) is 10.9 Å². The van der Waals surface area contributed by atoms with Crippen molar-refractivity contribution in [3.05, 3.63) is 65.9 Å². The molecule has 0 aliphatic carbocycles. The van der Waals surface area contributed by atoms with Crippen LogP contribution in [0.1, 0.15) is 17.3 Å². The maximum Gasteiger partial charge on any atom is 0.241 e. The largest absolute Gasteiger partial charge is 0.358 e. The van der Waals surface area contributed by atoms with Crippen LogP contribution in [-0.4, -0.2) is 17.2 Å². The highest BCUT2D eigenvalue weighted by Crippen LogP contribution is 2.44. The molecule has 0 saturated heterocycles. The van der Waals surface area contributed by atoms with Crippen molar-refractivity contribution in [1.82, 2.24) is 9.71 Å². The molecule has 1 heterocycles. The lowest BCUT2D eigenvalue weighted by molar-refractivity contribution is 0.558. The number of H-pyrrole nitrogens is 1. The normalized spacial score (nSPS) is 13.9. The summed E-state index contributed by atoms with van der Waals surface area (Å²) < 4.78 is 26.1. The Balaban J connectivity index is 2.12. The highest BCUT2D eigenvalue weighted by molar-refractivity contribution is 7.89. The lowest BCUT2D eigenvalue weighted by Gasteiger charge is -2.26. The first kappa shape index (κ1) is 18.5. The fraction of sp³-hybridized carbons (Fsp3) is 0.176. The summed E-state index contributed by atoms with van der Waals surface area (Å²) in [5, 5.41) is 0.798. The van der Waals surface area contributed by atoms with Crippen LogP contribution < -0.4 is 4.72 Å². The molecular weight excluding hydrogens is 403 g/mol. The summed E-state index contributed by atoms with van der Waals surface area (Å²) in [4.78, 5) is 3.30. The van der Waals surface area contributed by atoms with E-state index < -0.39 is 19.9 Å². The summed E-state index contributed by atoms with van der Waals surface area (Å²) in [6.07, 6.45) is 0. The van der Waals surface area contributed by atoms with Gasteiger partial charge in [-0.1, -0.05) is 71.2 Å². The second-order valence-corrected chi connectivity index (χ2v) is 9.70. The molecule has 3 rings (SSSR count). The topological polar surface area (TPSA) is 62.0 Å². The van der Waals surface area contributed by atoms with Crippen molar-refractivity contribution >= 4 is 55.7 Å². The number of halogens is 3. The Morgan fingerprint density at radius 3 is 2.24 bits per heavy atom. The number of sulfonamides is 1. The van der Waals surface area contributed by atoms with Crippen LogP contribution in [0.5, 0.6) is 0 Å². The molecule has 2 aromatic carbocycles. The Hall–Kier alpha value is -1.24. The van der Waals surface area contributed by atoms with Crippen LogP contribution in [0.25, 0.3) is 10.9 Å². The van der Waals surface area contributed by atoms with Crippen molar-refractivity contribution in [1.29, 1.82) is 0 Å². The Labute approximate surface area is 161 Å². The molecule has 1 atom stereocenters. The van der Waals surface area contributed by atoms with Gasteiger partial charge in [-0.15, -0.1) is 0 Å². The number of aromatic nitrogens is 1. The van der Waals surface area contributed by atoms with E-state index in [1.807, 2.05) is 31.2 Å². The van der Waals surface area contributed by atoms with Crippen LogP contribution in [-0.2, 0) is 10.0 Å². The molecule has 1 aromatic heterocycles. The van der Waals surface area contributed by atoms with Gasteiger partial charge in [-0.25, -0.2) is 8.42 Å². The van der Waals surface area contributed by atoms with Crippen molar-refractivity contribution in [2.45, 2.75) is 21.7 Å². The monoisotopic (exact) mass is 416 g/mol. The van der Waals surface area contributed by atoms with Gasteiger partial charge in [-0.3, -0.25) is 0 Å². The van der Waals surface area contributed by atoms with Crippen LogP contribution >= 0.6 is 34.8 Å². The molecule has 3 aromatic rings. The molecule has 0 spiro atoms. The molecule has 0 aliphatic rings. The van der Waals surface area contributed by atoms with Crippen LogP contribution in [0.15, 0.2) is 59.5 Å². The zero-order valence-electron chi connectivity index (χ0n) is 13.1. The molecule has 0 amide bonds. The first-order chi connectivity index (χ1) is 11.7. The zero-order valence-corrected chi connectivity index (χ0v) is 16.2. The van der Waals surface area contributed by atoms with E-state index in [0.29, 0.717) is 5.56 Å². The lowest BCUT2D eigenvalue weighted by Crippen LogP contribution is -2.36. The third kappa shape index (κ3) is 3.81. The highest BCUT2D eigenvalue weighted by atomic mass is 35.6. The van der Waals surface area contributed by atoms with Crippen molar-refractivity contribution in [2.75, 3.05) is 0 Å². The van der Waals surface area contributed by atoms with Crippen LogP contribution in [0.4, 0.5) is 0 Å². The Bertz CT molecular complexity index is 996. The Morgan fingerprint density at radius 1 is 1.00 bits per heavy atom. The minimum absolute atomic E-state index is 0.103. The summed E-state index contributed by atoms with van der Waals surface area (Å²) in [7, 11) is -3.87. The first-order valence-electron chi connectivity index (χ1n) is 7.41. The highest BCUT2D eigenvalue weighted by Gasteiger charge is 2.39. The fourth-order valence-electron chi connectivity index (χ4n) is 2.78. The van der Waals surface area contributed by atoms with E-state index in [0.717, 1.165) is 16.6 Å². The van der Waals surface area contributed by atoms with Crippen LogP contribution in [0, 0.1) is 6.92 Å². The van der Waals surface area contributed by atoms with Crippen molar-refractivity contribution < 1.29 is 8.42 Å². The van der Waals surface area contributed by atoms with Gasteiger partial charge in [0.2, 0.25) is 13.8 Å². The molecule has 4 nitrogen and oxygen atoms in total. The van der Waals surface area contributed by atoms with E-state index in [1.54, 1.807) is 18.2 Å². The van der Waals surface area contributed by atoms with Crippen molar-refractivity contribution in [2.24, 2.45) is 0 Å². The fourth-order valence-corrected chi connectivity index (χ4v) is 4.72. The molecule has 0 fully saturated rings. The van der Waals surface area contributed by atoms with Gasteiger partial charge in [-0.2, -0.15) is 4.72 Å². The zero-order chi connectivity index (χ0) is 18.2. The number of aromatic amines is 1. The summed E-state index contributed by atoms with van der Waals surface area (Å²) >= 11 is 18.4. The van der Waals surface area contributed by atoms with Gasteiger partial charge < -0.3 is 4.98 Å². The number of fused-ring (bicyclic) bond motifs is 1. The second-order valence-electron chi connectivity index (χ2n) is 5.62. The molecule has 2 N–H and O–H groups in total. The van der Waals surface area contributed by atoms with E-state index >= 15 is 0 Å². The van der Waals surface area contributed by atoms with Gasteiger partial charge in [0, 0.05) is 22.2 Å². The molecule has 0 saturated carbocycles. The molecule has 0 aliphatic heterocycles. The average molecular weight is 418 g/mol.